The van der Waals surface area contributed by atoms with E-state index in [4.69, 9.17) is 0 Å². The first-order valence-corrected chi connectivity index (χ1v) is 14.9. The topological polar surface area (TPSA) is 147 Å². The van der Waals surface area contributed by atoms with Gasteiger partial charge in [-0.15, -0.1) is 0 Å². The van der Waals surface area contributed by atoms with Crippen LogP contribution in [0.2, 0.25) is 0 Å². The lowest BCUT2D eigenvalue weighted by atomic mass is 9.72. The van der Waals surface area contributed by atoms with Gasteiger partial charge in [0.1, 0.15) is 5.69 Å². The second-order valence-electron chi connectivity index (χ2n) is 12.2. The van der Waals surface area contributed by atoms with Crippen molar-refractivity contribution >= 4 is 29.1 Å². The number of rotatable bonds is 9. The van der Waals surface area contributed by atoms with Crippen LogP contribution in [0.25, 0.3) is 5.65 Å². The van der Waals surface area contributed by atoms with Crippen molar-refractivity contribution in [2.75, 3.05) is 25.5 Å². The molecule has 2 unspecified atom stereocenters. The van der Waals surface area contributed by atoms with E-state index in [1.807, 2.05) is 6.92 Å². The number of anilines is 1. The molecule has 1 aliphatic heterocycles. The standard InChI is InChI=1S/C29H35F5N8O4/c1-4-41-20(7-10-36-41)24(43)38-23(16-5-8-28(30,31)9-6-16)19-15-42-22(37-19)11-21(40(2)3)18(39-42)13-27(26(45)46)12-17(29(32,33)34)14-35-25(27)44/h7,10-11,15-17,23H,4-6,8-9,12-14H2,1-3H3,(H,35,44)(H,38,43)(H,45,46)/t17-,23?,27?/m1/s1. The van der Waals surface area contributed by atoms with Crippen molar-refractivity contribution < 1.29 is 41.4 Å². The average molecular weight is 655 g/mol. The van der Waals surface area contributed by atoms with E-state index in [9.17, 15) is 41.4 Å². The summed E-state index contributed by atoms with van der Waals surface area (Å²) < 4.78 is 72.0. The quantitative estimate of drug-likeness (QED) is 0.234. The number of hydrogen-bond acceptors (Lipinski definition) is 7. The number of nitrogens with zero attached hydrogens (tertiary/aromatic N) is 6. The molecule has 5 rings (SSSR count). The molecule has 0 radical (unpaired) electrons. The maximum atomic E-state index is 14.1. The Balaban J connectivity index is 1.54. The number of aryl methyl sites for hydroxylation is 1. The fourth-order valence-corrected chi connectivity index (χ4v) is 6.35. The van der Waals surface area contributed by atoms with Crippen molar-refractivity contribution in [2.45, 2.75) is 70.1 Å². The summed E-state index contributed by atoms with van der Waals surface area (Å²) in [6, 6.07) is 2.27. The van der Waals surface area contributed by atoms with Crippen LogP contribution in [0.5, 0.6) is 0 Å². The normalized spacial score (nSPS) is 22.8. The summed E-state index contributed by atoms with van der Waals surface area (Å²) in [7, 11) is 3.24. The third-order valence-electron chi connectivity index (χ3n) is 8.97. The Bertz CT molecular complexity index is 1630. The van der Waals surface area contributed by atoms with Gasteiger partial charge >= 0.3 is 12.1 Å². The molecule has 0 bridgehead atoms. The predicted octanol–water partition coefficient (Wildman–Crippen LogP) is 3.62. The van der Waals surface area contributed by atoms with Crippen LogP contribution in [-0.2, 0) is 22.6 Å². The number of hydrogen-bond donors (Lipinski definition) is 3. The zero-order valence-corrected chi connectivity index (χ0v) is 25.4. The van der Waals surface area contributed by atoms with E-state index < -0.39 is 72.6 Å². The number of carbonyl (C=O) groups excluding carboxylic acids is 2. The molecule has 3 aromatic rings. The lowest BCUT2D eigenvalue weighted by molar-refractivity contribution is -0.194. The van der Waals surface area contributed by atoms with Crippen LogP contribution in [0, 0.1) is 17.3 Å². The first-order valence-electron chi connectivity index (χ1n) is 14.9. The molecule has 1 saturated heterocycles. The number of nitrogens with one attached hydrogen (secondary N) is 2. The molecule has 2 fully saturated rings. The minimum absolute atomic E-state index is 0.0339. The van der Waals surface area contributed by atoms with E-state index >= 15 is 0 Å². The van der Waals surface area contributed by atoms with Gasteiger partial charge in [0.15, 0.2) is 11.1 Å². The summed E-state index contributed by atoms with van der Waals surface area (Å²) in [5.74, 6) is -8.52. The summed E-state index contributed by atoms with van der Waals surface area (Å²) in [6.07, 6.45) is -3.90. The summed E-state index contributed by atoms with van der Waals surface area (Å²) in [6.45, 7) is 1.51. The number of carboxylic acids is 1. The number of aliphatic carboxylic acids is 1. The molecule has 0 aromatic carbocycles. The molecule has 17 heteroatoms. The number of carboxylic acid groups (broad SMARTS) is 1. The van der Waals surface area contributed by atoms with Crippen molar-refractivity contribution in [3.63, 3.8) is 0 Å². The van der Waals surface area contributed by atoms with Crippen LogP contribution in [0.1, 0.15) is 66.9 Å². The Hall–Kier alpha value is -4.31. The van der Waals surface area contributed by atoms with E-state index in [0.29, 0.717) is 17.9 Å². The summed E-state index contributed by atoms with van der Waals surface area (Å²) in [4.78, 5) is 45.0. The Morgan fingerprint density at radius 2 is 1.93 bits per heavy atom. The fourth-order valence-electron chi connectivity index (χ4n) is 6.35. The Morgan fingerprint density at radius 3 is 2.54 bits per heavy atom. The molecule has 3 aromatic heterocycles. The summed E-state index contributed by atoms with van der Waals surface area (Å²) in [5, 5.41) is 23.8. The highest BCUT2D eigenvalue weighted by molar-refractivity contribution is 6.03. The molecule has 1 aliphatic carbocycles. The van der Waals surface area contributed by atoms with Crippen molar-refractivity contribution in [2.24, 2.45) is 17.3 Å². The van der Waals surface area contributed by atoms with E-state index in [1.54, 1.807) is 25.1 Å². The SMILES string of the molecule is CCn1nccc1C(=O)NC(c1cn2nc(CC3(C(=O)O)C[C@@H](C(F)(F)F)CNC3=O)c(N(C)C)cc2n1)C1CCC(F)(F)CC1. The van der Waals surface area contributed by atoms with E-state index in [2.05, 4.69) is 25.8 Å². The minimum atomic E-state index is -4.73. The van der Waals surface area contributed by atoms with Crippen molar-refractivity contribution in [3.05, 3.63) is 41.6 Å². The first-order chi connectivity index (χ1) is 21.5. The minimum Gasteiger partial charge on any atom is -0.480 e. The van der Waals surface area contributed by atoms with Crippen LogP contribution >= 0.6 is 0 Å². The highest BCUT2D eigenvalue weighted by atomic mass is 19.4. The maximum Gasteiger partial charge on any atom is 0.393 e. The number of halogens is 5. The molecule has 1 saturated carbocycles. The average Bonchev–Trinajstić information content (AvgIpc) is 3.63. The zero-order valence-electron chi connectivity index (χ0n) is 25.4. The molecule has 250 valence electrons. The molecule has 2 aliphatic rings. The number of fused-ring (bicyclic) bond motifs is 1. The van der Waals surface area contributed by atoms with Crippen LogP contribution in [0.4, 0.5) is 27.6 Å². The van der Waals surface area contributed by atoms with Gasteiger partial charge in [-0.2, -0.15) is 23.4 Å². The van der Waals surface area contributed by atoms with Gasteiger partial charge in [0.25, 0.3) is 5.91 Å². The molecule has 3 N–H and O–H groups in total. The third-order valence-corrected chi connectivity index (χ3v) is 8.97. The molecule has 4 heterocycles. The number of piperidine rings is 1. The molecular formula is C29H35F5N8O4. The van der Waals surface area contributed by atoms with E-state index in [1.165, 1.54) is 27.7 Å². The largest absolute Gasteiger partial charge is 0.480 e. The zero-order chi connectivity index (χ0) is 33.6. The number of amides is 2. The highest BCUT2D eigenvalue weighted by Gasteiger charge is 2.56. The second kappa shape index (κ2) is 12.1. The Kier molecular flexibility index (Phi) is 8.72. The molecule has 0 spiro atoms. The van der Waals surface area contributed by atoms with E-state index in [0.717, 1.165) is 0 Å². The summed E-state index contributed by atoms with van der Waals surface area (Å²) in [5.41, 5.74) is -1.26. The van der Waals surface area contributed by atoms with Crippen molar-refractivity contribution in [3.8, 4) is 0 Å². The number of carbonyl (C=O) groups is 3. The molecule has 46 heavy (non-hydrogen) atoms. The lowest BCUT2D eigenvalue weighted by Gasteiger charge is -2.37. The lowest BCUT2D eigenvalue weighted by Crippen LogP contribution is -2.57. The Morgan fingerprint density at radius 1 is 1.24 bits per heavy atom. The van der Waals surface area contributed by atoms with Crippen LogP contribution in [0.15, 0.2) is 24.5 Å². The number of imidazole rings is 1. The second-order valence-corrected chi connectivity index (χ2v) is 12.2. The van der Waals surface area contributed by atoms with Gasteiger partial charge in [0.2, 0.25) is 11.8 Å². The maximum absolute atomic E-state index is 14.1. The van der Waals surface area contributed by atoms with Gasteiger partial charge in [-0.05, 0) is 38.2 Å². The van der Waals surface area contributed by atoms with Crippen LogP contribution in [0.3, 0.4) is 0 Å². The van der Waals surface area contributed by atoms with Gasteiger partial charge in [0.05, 0.1) is 35.2 Å². The van der Waals surface area contributed by atoms with Gasteiger partial charge < -0.3 is 20.6 Å². The van der Waals surface area contributed by atoms with Crippen molar-refractivity contribution in [1.29, 1.82) is 0 Å². The summed E-state index contributed by atoms with van der Waals surface area (Å²) >= 11 is 0. The van der Waals surface area contributed by atoms with Crippen molar-refractivity contribution in [1.82, 2.24) is 35.0 Å². The highest BCUT2D eigenvalue weighted by Crippen LogP contribution is 2.43. The molecule has 3 atom stereocenters. The molecular weight excluding hydrogens is 619 g/mol. The van der Waals surface area contributed by atoms with Gasteiger partial charge in [-0.1, -0.05) is 0 Å². The van der Waals surface area contributed by atoms with Crippen LogP contribution in [-0.4, -0.2) is 80.0 Å². The van der Waals surface area contributed by atoms with Gasteiger partial charge in [-0.3, -0.25) is 19.1 Å². The number of alkyl halides is 5. The molecule has 12 nitrogen and oxygen atoms in total. The number of aromatic nitrogens is 5. The van der Waals surface area contributed by atoms with Gasteiger partial charge in [0, 0.05) is 58.7 Å². The van der Waals surface area contributed by atoms with E-state index in [-0.39, 0.29) is 42.7 Å². The Labute approximate surface area is 260 Å². The third kappa shape index (κ3) is 6.35. The van der Waals surface area contributed by atoms with Crippen LogP contribution < -0.4 is 15.5 Å². The van der Waals surface area contributed by atoms with Gasteiger partial charge in [-0.25, -0.2) is 18.3 Å². The molecule has 2 amide bonds. The predicted molar refractivity (Wildman–Crippen MR) is 153 cm³/mol. The smallest absolute Gasteiger partial charge is 0.393 e. The fraction of sp³-hybridized carbons (Fsp3) is 0.586. The monoisotopic (exact) mass is 654 g/mol. The first kappa shape index (κ1) is 33.1.